The maximum absolute atomic E-state index is 13.1. The van der Waals surface area contributed by atoms with E-state index in [1.54, 1.807) is 36.4 Å². The van der Waals surface area contributed by atoms with E-state index in [4.69, 9.17) is 11.6 Å². The summed E-state index contributed by atoms with van der Waals surface area (Å²) in [5.41, 5.74) is 2.57. The maximum Gasteiger partial charge on any atom is 0.262 e. The van der Waals surface area contributed by atoms with Gasteiger partial charge in [-0.3, -0.25) is 19.3 Å². The molecular formula is C25H21ClN2O3. The van der Waals surface area contributed by atoms with Crippen LogP contribution in [0.25, 0.3) is 0 Å². The molecule has 0 aliphatic carbocycles. The number of imide groups is 1. The van der Waals surface area contributed by atoms with Crippen LogP contribution in [0.15, 0.2) is 78.9 Å². The number of nitrogens with zero attached hydrogens (tertiary/aromatic N) is 1. The highest BCUT2D eigenvalue weighted by molar-refractivity contribution is 6.30. The lowest BCUT2D eigenvalue weighted by molar-refractivity contribution is -0.125. The molecule has 1 heterocycles. The molecule has 3 aromatic carbocycles. The van der Waals surface area contributed by atoms with Crippen molar-refractivity contribution in [2.75, 3.05) is 6.54 Å². The van der Waals surface area contributed by atoms with Crippen LogP contribution < -0.4 is 5.32 Å². The molecule has 31 heavy (non-hydrogen) atoms. The van der Waals surface area contributed by atoms with Gasteiger partial charge in [-0.1, -0.05) is 66.2 Å². The molecule has 0 spiro atoms. The summed E-state index contributed by atoms with van der Waals surface area (Å²) in [6, 6.07) is 22.5. The van der Waals surface area contributed by atoms with E-state index in [2.05, 4.69) is 5.32 Å². The predicted molar refractivity (Wildman–Crippen MR) is 119 cm³/mol. The van der Waals surface area contributed by atoms with Crippen LogP contribution in [0.5, 0.6) is 0 Å². The van der Waals surface area contributed by atoms with Crippen molar-refractivity contribution in [2.45, 2.75) is 18.9 Å². The molecule has 0 saturated carbocycles. The summed E-state index contributed by atoms with van der Waals surface area (Å²) in [4.78, 5) is 40.2. The molecule has 156 valence electrons. The second-order valence-corrected chi connectivity index (χ2v) is 7.84. The van der Waals surface area contributed by atoms with Crippen molar-refractivity contribution >= 4 is 29.3 Å². The van der Waals surface area contributed by atoms with Crippen LogP contribution in [0.2, 0.25) is 5.02 Å². The van der Waals surface area contributed by atoms with E-state index >= 15 is 0 Å². The number of fused-ring (bicyclic) bond motifs is 1. The minimum Gasteiger partial charge on any atom is -0.354 e. The molecule has 3 amide bonds. The van der Waals surface area contributed by atoms with Gasteiger partial charge in [-0.05, 0) is 41.8 Å². The van der Waals surface area contributed by atoms with Crippen molar-refractivity contribution in [3.8, 4) is 0 Å². The minimum atomic E-state index is -0.931. The van der Waals surface area contributed by atoms with Gasteiger partial charge in [0, 0.05) is 18.0 Å². The summed E-state index contributed by atoms with van der Waals surface area (Å²) in [6.45, 7) is 0.384. The quantitative estimate of drug-likeness (QED) is 0.576. The highest BCUT2D eigenvalue weighted by Crippen LogP contribution is 2.26. The fourth-order valence-electron chi connectivity index (χ4n) is 3.73. The molecule has 5 nitrogen and oxygen atoms in total. The van der Waals surface area contributed by atoms with Gasteiger partial charge in [0.25, 0.3) is 11.8 Å². The maximum atomic E-state index is 13.1. The molecule has 4 rings (SSSR count). The zero-order chi connectivity index (χ0) is 21.8. The second kappa shape index (κ2) is 9.14. The van der Waals surface area contributed by atoms with Crippen molar-refractivity contribution in [1.29, 1.82) is 0 Å². The molecule has 1 aliphatic heterocycles. The zero-order valence-electron chi connectivity index (χ0n) is 16.8. The van der Waals surface area contributed by atoms with Crippen molar-refractivity contribution in [3.63, 3.8) is 0 Å². The first-order valence-corrected chi connectivity index (χ1v) is 10.5. The summed E-state index contributed by atoms with van der Waals surface area (Å²) < 4.78 is 0. The number of hydrogen-bond acceptors (Lipinski definition) is 3. The molecule has 0 radical (unpaired) electrons. The van der Waals surface area contributed by atoms with Crippen molar-refractivity contribution < 1.29 is 14.4 Å². The standard InChI is InChI=1S/C25H21ClN2O3/c26-19-12-10-17(11-13-19)14-15-27-23(29)22(16-18-6-2-1-3-7-18)28-24(30)20-8-4-5-9-21(20)25(28)31/h1-13,22H,14-16H2,(H,27,29)/t22-/m0/s1. The normalized spacial score (nSPS) is 13.8. The van der Waals surface area contributed by atoms with Gasteiger partial charge in [-0.25, -0.2) is 0 Å². The number of nitrogens with one attached hydrogen (secondary N) is 1. The Hall–Kier alpha value is -3.44. The molecule has 0 bridgehead atoms. The third kappa shape index (κ3) is 4.52. The van der Waals surface area contributed by atoms with Gasteiger partial charge in [-0.15, -0.1) is 0 Å². The third-order valence-electron chi connectivity index (χ3n) is 5.34. The van der Waals surface area contributed by atoms with Crippen LogP contribution in [0.3, 0.4) is 0 Å². The average Bonchev–Trinajstić information content (AvgIpc) is 3.04. The molecule has 0 unspecified atom stereocenters. The fraction of sp³-hybridized carbons (Fsp3) is 0.160. The van der Waals surface area contributed by atoms with Gasteiger partial charge >= 0.3 is 0 Å². The molecule has 1 N–H and O–H groups in total. The van der Waals surface area contributed by atoms with Crippen molar-refractivity contribution in [3.05, 3.63) is 106 Å². The largest absolute Gasteiger partial charge is 0.354 e. The monoisotopic (exact) mass is 432 g/mol. The molecule has 0 saturated heterocycles. The number of amides is 3. The lowest BCUT2D eigenvalue weighted by atomic mass is 10.0. The average molecular weight is 433 g/mol. The van der Waals surface area contributed by atoms with E-state index in [0.717, 1.165) is 16.0 Å². The third-order valence-corrected chi connectivity index (χ3v) is 5.59. The van der Waals surface area contributed by atoms with Crippen LogP contribution in [-0.4, -0.2) is 35.2 Å². The Balaban J connectivity index is 1.53. The number of benzene rings is 3. The first-order chi connectivity index (χ1) is 15.0. The topological polar surface area (TPSA) is 66.5 Å². The van der Waals surface area contributed by atoms with E-state index in [1.165, 1.54) is 0 Å². The first-order valence-electron chi connectivity index (χ1n) is 10.1. The summed E-state index contributed by atoms with van der Waals surface area (Å²) in [6.07, 6.45) is 0.863. The predicted octanol–water partition coefficient (Wildman–Crippen LogP) is 3.91. The van der Waals surface area contributed by atoms with E-state index in [0.29, 0.717) is 29.1 Å². The van der Waals surface area contributed by atoms with Gasteiger partial charge in [0.05, 0.1) is 11.1 Å². The molecule has 6 heteroatoms. The van der Waals surface area contributed by atoms with E-state index < -0.39 is 17.9 Å². The Bertz CT molecular complexity index is 1080. The van der Waals surface area contributed by atoms with E-state index in [9.17, 15) is 14.4 Å². The molecule has 3 aromatic rings. The molecule has 0 fully saturated rings. The first kappa shape index (κ1) is 20.8. The highest BCUT2D eigenvalue weighted by atomic mass is 35.5. The van der Waals surface area contributed by atoms with Crippen LogP contribution in [0.1, 0.15) is 31.8 Å². The summed E-state index contributed by atoms with van der Waals surface area (Å²) in [5.74, 6) is -1.23. The Morgan fingerprint density at radius 3 is 2.00 bits per heavy atom. The van der Waals surface area contributed by atoms with E-state index in [1.807, 2.05) is 42.5 Å². The Morgan fingerprint density at radius 2 is 1.39 bits per heavy atom. The summed E-state index contributed by atoms with van der Waals surface area (Å²) in [5, 5.41) is 3.55. The van der Waals surface area contributed by atoms with Crippen LogP contribution in [0.4, 0.5) is 0 Å². The van der Waals surface area contributed by atoms with Gasteiger partial charge in [0.15, 0.2) is 0 Å². The smallest absolute Gasteiger partial charge is 0.262 e. The van der Waals surface area contributed by atoms with Gasteiger partial charge < -0.3 is 5.32 Å². The number of carbonyl (C=O) groups is 3. The lowest BCUT2D eigenvalue weighted by Crippen LogP contribution is -2.51. The zero-order valence-corrected chi connectivity index (χ0v) is 17.5. The molecule has 1 aliphatic rings. The Morgan fingerprint density at radius 1 is 0.806 bits per heavy atom. The molecule has 0 aromatic heterocycles. The second-order valence-electron chi connectivity index (χ2n) is 7.40. The Kier molecular flexibility index (Phi) is 6.14. The van der Waals surface area contributed by atoms with Crippen molar-refractivity contribution in [2.24, 2.45) is 0 Å². The number of halogens is 1. The summed E-state index contributed by atoms with van der Waals surface area (Å²) in [7, 11) is 0. The highest BCUT2D eigenvalue weighted by Gasteiger charge is 2.42. The van der Waals surface area contributed by atoms with Gasteiger partial charge in [0.2, 0.25) is 5.91 Å². The number of rotatable bonds is 7. The fourth-order valence-corrected chi connectivity index (χ4v) is 3.85. The van der Waals surface area contributed by atoms with Crippen LogP contribution in [0, 0.1) is 0 Å². The van der Waals surface area contributed by atoms with E-state index in [-0.39, 0.29) is 12.3 Å². The number of carbonyl (C=O) groups excluding carboxylic acids is 3. The molecular weight excluding hydrogens is 412 g/mol. The number of hydrogen-bond donors (Lipinski definition) is 1. The van der Waals surface area contributed by atoms with Crippen LogP contribution >= 0.6 is 11.6 Å². The van der Waals surface area contributed by atoms with Crippen molar-refractivity contribution in [1.82, 2.24) is 10.2 Å². The van der Waals surface area contributed by atoms with Gasteiger partial charge in [0.1, 0.15) is 6.04 Å². The summed E-state index contributed by atoms with van der Waals surface area (Å²) >= 11 is 5.91. The lowest BCUT2D eigenvalue weighted by Gasteiger charge is -2.25. The Labute approximate surface area is 185 Å². The minimum absolute atomic E-state index is 0.249. The van der Waals surface area contributed by atoms with Crippen LogP contribution in [-0.2, 0) is 17.6 Å². The molecule has 1 atom stereocenters. The SMILES string of the molecule is O=C(NCCc1ccc(Cl)cc1)[C@H](Cc1ccccc1)N1C(=O)c2ccccc2C1=O. The van der Waals surface area contributed by atoms with Gasteiger partial charge in [-0.2, -0.15) is 0 Å².